The second kappa shape index (κ2) is 13.1. The second-order valence-electron chi connectivity index (χ2n) is 10.6. The van der Waals surface area contributed by atoms with E-state index in [2.05, 4.69) is 35.1 Å². The van der Waals surface area contributed by atoms with E-state index in [9.17, 15) is 24.3 Å². The van der Waals surface area contributed by atoms with E-state index in [1.165, 1.54) is 25.1 Å². The monoisotopic (exact) mass is 538 g/mol. The molecule has 3 atom stereocenters. The summed E-state index contributed by atoms with van der Waals surface area (Å²) < 4.78 is 5.88. The van der Waals surface area contributed by atoms with Gasteiger partial charge in [-0.3, -0.25) is 19.2 Å². The third-order valence-corrected chi connectivity index (χ3v) is 6.45. The molecule has 2 heterocycles. The van der Waals surface area contributed by atoms with Crippen molar-refractivity contribution in [2.24, 2.45) is 11.8 Å². The number of ether oxygens (including phenoxy) is 1. The molecule has 4 bridgehead atoms. The van der Waals surface area contributed by atoms with Crippen LogP contribution in [-0.2, 0) is 20.8 Å². The first kappa shape index (κ1) is 29.5. The van der Waals surface area contributed by atoms with Gasteiger partial charge in [0.05, 0.1) is 5.56 Å². The van der Waals surface area contributed by atoms with E-state index in [0.717, 1.165) is 12.0 Å². The van der Waals surface area contributed by atoms with E-state index in [-0.39, 0.29) is 29.6 Å². The smallest absolute Gasteiger partial charge is 0.255 e. The van der Waals surface area contributed by atoms with Crippen LogP contribution in [0.3, 0.4) is 0 Å². The van der Waals surface area contributed by atoms with Crippen molar-refractivity contribution in [3.05, 3.63) is 53.6 Å². The van der Waals surface area contributed by atoms with Gasteiger partial charge in [-0.2, -0.15) is 0 Å². The molecule has 4 rings (SSSR count). The Bertz CT molecular complexity index is 1190. The zero-order valence-corrected chi connectivity index (χ0v) is 23.0. The first-order valence-corrected chi connectivity index (χ1v) is 13.2. The molecule has 0 saturated heterocycles. The van der Waals surface area contributed by atoms with Crippen molar-refractivity contribution in [3.63, 3.8) is 0 Å². The van der Waals surface area contributed by atoms with E-state index in [4.69, 9.17) is 4.74 Å². The second-order valence-corrected chi connectivity index (χ2v) is 10.6. The van der Waals surface area contributed by atoms with Gasteiger partial charge in [0, 0.05) is 13.0 Å². The lowest BCUT2D eigenvalue weighted by Crippen LogP contribution is -2.57. The van der Waals surface area contributed by atoms with Crippen LogP contribution in [0.4, 0.5) is 0 Å². The van der Waals surface area contributed by atoms with Crippen LogP contribution < -0.4 is 26.0 Å². The molecule has 210 valence electrons. The highest BCUT2D eigenvalue weighted by molar-refractivity contribution is 6.00. The van der Waals surface area contributed by atoms with E-state index in [1.807, 2.05) is 0 Å². The predicted molar refractivity (Wildman–Crippen MR) is 146 cm³/mol. The molecular formula is C29H38N4O6. The Labute approximate surface area is 228 Å². The summed E-state index contributed by atoms with van der Waals surface area (Å²) in [6, 6.07) is 8.44. The average molecular weight is 539 g/mol. The summed E-state index contributed by atoms with van der Waals surface area (Å²) in [6.45, 7) is 9.61. The van der Waals surface area contributed by atoms with Gasteiger partial charge in [-0.15, -0.1) is 0 Å². The molecule has 0 saturated carbocycles. The van der Waals surface area contributed by atoms with Crippen LogP contribution in [0.15, 0.2) is 42.5 Å². The molecule has 0 aliphatic carbocycles. The first-order chi connectivity index (χ1) is 18.4. The van der Waals surface area contributed by atoms with Crippen molar-refractivity contribution in [1.29, 1.82) is 0 Å². The Balaban J connectivity index is 1.95. The molecule has 2 aromatic carbocycles. The van der Waals surface area contributed by atoms with Gasteiger partial charge < -0.3 is 31.1 Å². The fourth-order valence-electron chi connectivity index (χ4n) is 4.06. The Hall–Kier alpha value is -4.08. The van der Waals surface area contributed by atoms with Crippen molar-refractivity contribution in [1.82, 2.24) is 21.3 Å². The summed E-state index contributed by atoms with van der Waals surface area (Å²) in [5.41, 5.74) is 0.732. The molecule has 0 aromatic heterocycles. The minimum Gasteiger partial charge on any atom is -0.507 e. The Morgan fingerprint density at radius 1 is 0.974 bits per heavy atom. The number of hydrogen-bond acceptors (Lipinski definition) is 6. The normalized spacial score (nSPS) is 20.4. The molecule has 5 N–H and O–H groups in total. The number of aromatic hydroxyl groups is 1. The number of benzene rings is 2. The minimum atomic E-state index is -0.988. The highest BCUT2D eigenvalue weighted by Crippen LogP contribution is 2.28. The molecule has 0 radical (unpaired) electrons. The quantitative estimate of drug-likeness (QED) is 0.370. The SMILES string of the molecule is CC(C)CCNC(=O)[C@H]1Cc2ccc(cc2)Oc2ccc(O)c(c2)C(=O)N[C@@H](C(C)C)C(=O)N[C@@H](C)C(=O)N1. The van der Waals surface area contributed by atoms with Crippen molar-refractivity contribution >= 4 is 23.6 Å². The lowest BCUT2D eigenvalue weighted by molar-refractivity contribution is -0.132. The molecule has 2 aliphatic heterocycles. The van der Waals surface area contributed by atoms with E-state index in [0.29, 0.717) is 24.0 Å². The lowest BCUT2D eigenvalue weighted by Gasteiger charge is -2.25. The van der Waals surface area contributed by atoms with Crippen LogP contribution in [0.25, 0.3) is 0 Å². The maximum atomic E-state index is 13.1. The number of carbonyl (C=O) groups is 4. The van der Waals surface area contributed by atoms with Crippen molar-refractivity contribution in [3.8, 4) is 17.2 Å². The molecule has 39 heavy (non-hydrogen) atoms. The first-order valence-electron chi connectivity index (χ1n) is 13.2. The number of hydrogen-bond donors (Lipinski definition) is 5. The van der Waals surface area contributed by atoms with Gasteiger partial charge in [-0.1, -0.05) is 39.8 Å². The highest BCUT2D eigenvalue weighted by Gasteiger charge is 2.30. The zero-order chi connectivity index (χ0) is 28.7. The highest BCUT2D eigenvalue weighted by atomic mass is 16.5. The maximum absolute atomic E-state index is 13.1. The van der Waals surface area contributed by atoms with Crippen molar-refractivity contribution in [2.45, 2.75) is 65.6 Å². The van der Waals surface area contributed by atoms with Gasteiger partial charge in [-0.25, -0.2) is 0 Å². The molecule has 4 amide bonds. The summed E-state index contributed by atoms with van der Waals surface area (Å²) >= 11 is 0. The largest absolute Gasteiger partial charge is 0.507 e. The van der Waals surface area contributed by atoms with Gasteiger partial charge in [0.15, 0.2) is 0 Å². The van der Waals surface area contributed by atoms with Crippen LogP contribution in [0.1, 0.15) is 57.0 Å². The summed E-state index contributed by atoms with van der Waals surface area (Å²) in [7, 11) is 0. The van der Waals surface area contributed by atoms with Crippen LogP contribution in [0, 0.1) is 11.8 Å². The van der Waals surface area contributed by atoms with Crippen LogP contribution in [0.5, 0.6) is 17.2 Å². The fourth-order valence-corrected chi connectivity index (χ4v) is 4.06. The van der Waals surface area contributed by atoms with Gasteiger partial charge >= 0.3 is 0 Å². The Morgan fingerprint density at radius 2 is 1.64 bits per heavy atom. The number of nitrogens with one attached hydrogen (secondary N) is 4. The average Bonchev–Trinajstić information content (AvgIpc) is 2.87. The van der Waals surface area contributed by atoms with Crippen molar-refractivity contribution in [2.75, 3.05) is 6.54 Å². The number of phenolic OH excluding ortho intramolecular Hbond substituents is 1. The molecular weight excluding hydrogens is 500 g/mol. The molecule has 0 fully saturated rings. The van der Waals surface area contributed by atoms with Crippen LogP contribution in [0.2, 0.25) is 0 Å². The van der Waals surface area contributed by atoms with Crippen LogP contribution >= 0.6 is 0 Å². The van der Waals surface area contributed by atoms with Gasteiger partial charge in [-0.05, 0) is 61.1 Å². The Kier molecular flexibility index (Phi) is 9.92. The standard InChI is InChI=1S/C29H38N4O6/c1-16(2)12-13-30-28(37)23-14-19-6-8-20(9-7-19)39-21-10-11-24(34)22(15-21)27(36)33-25(17(3)4)29(38)31-18(5)26(35)32-23/h6-11,15-18,23,25,34H,12-14H2,1-5H3,(H,30,37)(H,31,38)(H,32,35)(H,33,36)/t18-,23+,25-/m0/s1. The molecule has 10 nitrogen and oxygen atoms in total. The summed E-state index contributed by atoms with van der Waals surface area (Å²) in [5.74, 6) is -1.47. The van der Waals surface area contributed by atoms with E-state index < -0.39 is 35.8 Å². The predicted octanol–water partition coefficient (Wildman–Crippen LogP) is 2.65. The maximum Gasteiger partial charge on any atom is 0.255 e. The third kappa shape index (κ3) is 8.20. The molecule has 0 spiro atoms. The zero-order valence-electron chi connectivity index (χ0n) is 23.0. The van der Waals surface area contributed by atoms with Crippen LogP contribution in [-0.4, -0.2) is 53.4 Å². The van der Waals surface area contributed by atoms with Gasteiger partial charge in [0.1, 0.15) is 35.4 Å². The number of phenols is 1. The molecule has 0 unspecified atom stereocenters. The molecule has 2 aliphatic rings. The van der Waals surface area contributed by atoms with E-state index >= 15 is 0 Å². The number of fused-ring (bicyclic) bond motifs is 11. The fraction of sp³-hybridized carbons (Fsp3) is 0.448. The summed E-state index contributed by atoms with van der Waals surface area (Å²) in [6.07, 6.45) is 1.03. The summed E-state index contributed by atoms with van der Waals surface area (Å²) in [5, 5.41) is 21.2. The van der Waals surface area contributed by atoms with Gasteiger partial charge in [0.25, 0.3) is 5.91 Å². The molecule has 10 heteroatoms. The van der Waals surface area contributed by atoms with Crippen molar-refractivity contribution < 1.29 is 29.0 Å². The lowest BCUT2D eigenvalue weighted by atomic mass is 10.0. The topological polar surface area (TPSA) is 146 Å². The Morgan fingerprint density at radius 3 is 2.28 bits per heavy atom. The number of amides is 4. The minimum absolute atomic E-state index is 0.0548. The molecule has 2 aromatic rings. The number of carbonyl (C=O) groups excluding carboxylic acids is 4. The number of rotatable bonds is 5. The van der Waals surface area contributed by atoms with Gasteiger partial charge in [0.2, 0.25) is 17.7 Å². The van der Waals surface area contributed by atoms with E-state index in [1.54, 1.807) is 38.1 Å². The summed E-state index contributed by atoms with van der Waals surface area (Å²) in [4.78, 5) is 52.2. The third-order valence-electron chi connectivity index (χ3n) is 6.45.